The number of rotatable bonds is 2. The summed E-state index contributed by atoms with van der Waals surface area (Å²) in [5, 5.41) is 20.2. The van der Waals surface area contributed by atoms with Crippen LogP contribution in [0.4, 0.5) is 0 Å². The lowest BCUT2D eigenvalue weighted by Gasteiger charge is -2.45. The van der Waals surface area contributed by atoms with Gasteiger partial charge in [0.05, 0.1) is 12.2 Å². The maximum absolute atomic E-state index is 10.6. The Labute approximate surface area is 93.8 Å². The van der Waals surface area contributed by atoms with Gasteiger partial charge < -0.3 is 10.2 Å². The second kappa shape index (κ2) is 4.24. The molecule has 0 radical (unpaired) electrons. The number of aliphatic hydroxyl groups excluding tert-OH is 1. The van der Waals surface area contributed by atoms with Crippen LogP contribution in [-0.2, 0) is 0 Å². The highest BCUT2D eigenvalue weighted by molar-refractivity contribution is 7.99. The predicted octanol–water partition coefficient (Wildman–Crippen LogP) is 1.36. The molecule has 0 aromatic carbocycles. The van der Waals surface area contributed by atoms with Gasteiger partial charge in [-0.15, -0.1) is 0 Å². The van der Waals surface area contributed by atoms with Gasteiger partial charge >= 0.3 is 0 Å². The quantitative estimate of drug-likeness (QED) is 0.757. The van der Waals surface area contributed by atoms with Crippen molar-refractivity contribution in [3.05, 3.63) is 0 Å². The Hall–Kier alpha value is 0.620. The molecule has 2 aliphatic heterocycles. The summed E-state index contributed by atoms with van der Waals surface area (Å²) in [6.07, 6.45) is 2.70. The summed E-state index contributed by atoms with van der Waals surface area (Å²) >= 11 is 3.79. The number of hydrogen-bond donors (Lipinski definition) is 2. The predicted molar refractivity (Wildman–Crippen MR) is 63.0 cm³/mol. The van der Waals surface area contributed by atoms with Crippen LogP contribution in [0.5, 0.6) is 0 Å². The minimum Gasteiger partial charge on any atom is -0.396 e. The molecule has 2 nitrogen and oxygen atoms in total. The number of thioether (sulfide) groups is 2. The molecule has 0 aromatic heterocycles. The highest BCUT2D eigenvalue weighted by Crippen LogP contribution is 2.49. The molecule has 0 aliphatic carbocycles. The minimum absolute atomic E-state index is 0.154. The lowest BCUT2D eigenvalue weighted by molar-refractivity contribution is -0.101. The molecule has 0 spiro atoms. The molecule has 2 N–H and O–H groups in total. The van der Waals surface area contributed by atoms with Crippen LogP contribution in [-0.4, -0.2) is 45.4 Å². The molecule has 2 saturated heterocycles. The highest BCUT2D eigenvalue weighted by atomic mass is 32.2. The molecule has 0 bridgehead atoms. The normalized spacial score (nSPS) is 37.3. The second-order valence-corrected chi connectivity index (χ2v) is 6.71. The van der Waals surface area contributed by atoms with E-state index < -0.39 is 5.60 Å². The molecule has 0 aromatic rings. The van der Waals surface area contributed by atoms with Gasteiger partial charge in [0.25, 0.3) is 0 Å². The van der Waals surface area contributed by atoms with Gasteiger partial charge in [-0.3, -0.25) is 0 Å². The summed E-state index contributed by atoms with van der Waals surface area (Å²) in [5.74, 6) is 4.12. The van der Waals surface area contributed by atoms with Crippen molar-refractivity contribution in [2.45, 2.75) is 24.9 Å². The van der Waals surface area contributed by atoms with E-state index in [4.69, 9.17) is 0 Å². The molecule has 4 heteroatoms. The molecule has 1 atom stereocenters. The van der Waals surface area contributed by atoms with Crippen LogP contribution in [0.25, 0.3) is 0 Å². The summed E-state index contributed by atoms with van der Waals surface area (Å²) < 4.78 is 0. The van der Waals surface area contributed by atoms with E-state index in [2.05, 4.69) is 0 Å². The first-order valence-electron chi connectivity index (χ1n) is 5.21. The fourth-order valence-corrected chi connectivity index (χ4v) is 5.23. The Morgan fingerprint density at radius 3 is 2.14 bits per heavy atom. The maximum atomic E-state index is 10.6. The van der Waals surface area contributed by atoms with Gasteiger partial charge in [-0.25, -0.2) is 0 Å². The SMILES string of the molecule is OCC1(C2(O)CCSCC2)CCSC1. The zero-order chi connectivity index (χ0) is 10.1. The molecule has 2 aliphatic rings. The standard InChI is InChI=1S/C10H18O2S2/c11-7-9(1-4-14-8-9)10(12)2-5-13-6-3-10/h11-12H,1-8H2. The van der Waals surface area contributed by atoms with Gasteiger partial charge in [0.15, 0.2) is 0 Å². The molecule has 82 valence electrons. The Bertz CT molecular complexity index is 196. The van der Waals surface area contributed by atoms with Crippen LogP contribution in [0.2, 0.25) is 0 Å². The van der Waals surface area contributed by atoms with Crippen molar-refractivity contribution >= 4 is 23.5 Å². The smallest absolute Gasteiger partial charge is 0.0749 e. The van der Waals surface area contributed by atoms with E-state index in [0.29, 0.717) is 0 Å². The molecule has 14 heavy (non-hydrogen) atoms. The Morgan fingerprint density at radius 1 is 1.00 bits per heavy atom. The second-order valence-electron chi connectivity index (χ2n) is 4.38. The van der Waals surface area contributed by atoms with Gasteiger partial charge in [0.1, 0.15) is 0 Å². The zero-order valence-corrected chi connectivity index (χ0v) is 10.0. The van der Waals surface area contributed by atoms with Gasteiger partial charge in [-0.2, -0.15) is 23.5 Å². The first kappa shape index (κ1) is 11.1. The Balaban J connectivity index is 2.15. The molecule has 1 unspecified atom stereocenters. The van der Waals surface area contributed by atoms with Crippen molar-refractivity contribution in [1.82, 2.24) is 0 Å². The molecular weight excluding hydrogens is 216 g/mol. The summed E-state index contributed by atoms with van der Waals surface area (Å²) in [4.78, 5) is 0. The van der Waals surface area contributed by atoms with Crippen LogP contribution < -0.4 is 0 Å². The van der Waals surface area contributed by atoms with E-state index in [1.54, 1.807) is 0 Å². The Morgan fingerprint density at radius 2 is 1.64 bits per heavy atom. The van der Waals surface area contributed by atoms with Crippen LogP contribution in [0.15, 0.2) is 0 Å². The van der Waals surface area contributed by atoms with Crippen molar-refractivity contribution in [1.29, 1.82) is 0 Å². The van der Waals surface area contributed by atoms with E-state index in [0.717, 1.165) is 42.3 Å². The van der Waals surface area contributed by atoms with Gasteiger partial charge in [0, 0.05) is 11.2 Å². The molecule has 2 heterocycles. The summed E-state index contributed by atoms with van der Waals surface area (Å²) in [5.41, 5.74) is -0.783. The van der Waals surface area contributed by atoms with E-state index in [1.165, 1.54) is 0 Å². The molecule has 0 saturated carbocycles. The monoisotopic (exact) mass is 234 g/mol. The van der Waals surface area contributed by atoms with Crippen molar-refractivity contribution in [2.75, 3.05) is 29.6 Å². The Kier molecular flexibility index (Phi) is 3.37. The van der Waals surface area contributed by atoms with Crippen LogP contribution in [0.3, 0.4) is 0 Å². The maximum Gasteiger partial charge on any atom is 0.0749 e. The van der Waals surface area contributed by atoms with Crippen molar-refractivity contribution in [3.8, 4) is 0 Å². The largest absolute Gasteiger partial charge is 0.396 e. The van der Waals surface area contributed by atoms with E-state index in [1.807, 2.05) is 23.5 Å². The topological polar surface area (TPSA) is 40.5 Å². The summed E-state index contributed by atoms with van der Waals surface area (Å²) in [6.45, 7) is 0.154. The first-order valence-corrected chi connectivity index (χ1v) is 7.52. The number of aliphatic hydroxyl groups is 2. The first-order chi connectivity index (χ1) is 6.72. The summed E-state index contributed by atoms with van der Waals surface area (Å²) in [7, 11) is 0. The average Bonchev–Trinajstić information content (AvgIpc) is 2.68. The zero-order valence-electron chi connectivity index (χ0n) is 8.37. The lowest BCUT2D eigenvalue weighted by atomic mass is 9.69. The van der Waals surface area contributed by atoms with Gasteiger partial charge in [0.2, 0.25) is 0 Å². The van der Waals surface area contributed by atoms with Crippen molar-refractivity contribution in [3.63, 3.8) is 0 Å². The fourth-order valence-electron chi connectivity index (χ4n) is 2.49. The average molecular weight is 234 g/mol. The third-order valence-electron chi connectivity index (χ3n) is 3.71. The van der Waals surface area contributed by atoms with Gasteiger partial charge in [-0.05, 0) is 36.5 Å². The third-order valence-corrected chi connectivity index (χ3v) is 5.95. The molecular formula is C10H18O2S2. The highest BCUT2D eigenvalue weighted by Gasteiger charge is 2.51. The number of hydrogen-bond acceptors (Lipinski definition) is 4. The van der Waals surface area contributed by atoms with Crippen LogP contribution >= 0.6 is 23.5 Å². The van der Waals surface area contributed by atoms with E-state index in [-0.39, 0.29) is 12.0 Å². The molecule has 0 amide bonds. The fraction of sp³-hybridized carbons (Fsp3) is 1.00. The van der Waals surface area contributed by atoms with Crippen molar-refractivity contribution in [2.24, 2.45) is 5.41 Å². The lowest BCUT2D eigenvalue weighted by Crippen LogP contribution is -2.53. The minimum atomic E-state index is -0.587. The third kappa shape index (κ3) is 1.70. The molecule has 2 fully saturated rings. The van der Waals surface area contributed by atoms with Crippen LogP contribution in [0, 0.1) is 5.41 Å². The van der Waals surface area contributed by atoms with E-state index >= 15 is 0 Å². The van der Waals surface area contributed by atoms with E-state index in [9.17, 15) is 10.2 Å². The van der Waals surface area contributed by atoms with Gasteiger partial charge in [-0.1, -0.05) is 0 Å². The summed E-state index contributed by atoms with van der Waals surface area (Å²) in [6, 6.07) is 0. The van der Waals surface area contributed by atoms with Crippen LogP contribution in [0.1, 0.15) is 19.3 Å². The molecule has 2 rings (SSSR count). The van der Waals surface area contributed by atoms with Crippen molar-refractivity contribution < 1.29 is 10.2 Å².